The van der Waals surface area contributed by atoms with Gasteiger partial charge in [0.2, 0.25) is 0 Å². The van der Waals surface area contributed by atoms with E-state index in [9.17, 15) is 14.4 Å². The van der Waals surface area contributed by atoms with Crippen LogP contribution in [0.5, 0.6) is 11.5 Å². The predicted octanol–water partition coefficient (Wildman–Crippen LogP) is 4.33. The Morgan fingerprint density at radius 2 is 1.62 bits per heavy atom. The first-order valence-electron chi connectivity index (χ1n) is 11.9. The fourth-order valence-electron chi connectivity index (χ4n) is 4.06. The fraction of sp³-hybridized carbons (Fsp3) is 0.296. The number of rotatable bonds is 9. The van der Waals surface area contributed by atoms with Crippen LogP contribution in [-0.4, -0.2) is 51.7 Å². The lowest BCUT2D eigenvalue weighted by Crippen LogP contribution is -2.29. The fourth-order valence-corrected chi connectivity index (χ4v) is 4.06. The Hall–Kier alpha value is -4.47. The first kappa shape index (κ1) is 25.6. The molecule has 0 spiro atoms. The third-order valence-corrected chi connectivity index (χ3v) is 5.94. The molecule has 10 nitrogen and oxygen atoms in total. The molecule has 2 aromatic carbocycles. The Labute approximate surface area is 214 Å². The van der Waals surface area contributed by atoms with Crippen molar-refractivity contribution >= 4 is 34.8 Å². The van der Waals surface area contributed by atoms with E-state index in [1.165, 1.54) is 57.9 Å². The second-order valence-corrected chi connectivity index (χ2v) is 8.40. The minimum atomic E-state index is -0.828. The summed E-state index contributed by atoms with van der Waals surface area (Å²) < 4.78 is 20.9. The van der Waals surface area contributed by atoms with Crippen LogP contribution < -0.4 is 25.0 Å². The molecular weight excluding hydrogens is 478 g/mol. The SMILES string of the molecule is COc1cc(NC(=O)c2ccco2)c(C(=O)OCC(=O)Nc2ccc(N3CCCCC3)cc2)cc1OC. The number of hydrogen-bond donors (Lipinski definition) is 2. The molecule has 2 N–H and O–H groups in total. The smallest absolute Gasteiger partial charge is 0.340 e. The number of anilines is 3. The van der Waals surface area contributed by atoms with Crippen molar-refractivity contribution in [2.45, 2.75) is 19.3 Å². The van der Waals surface area contributed by atoms with E-state index in [0.29, 0.717) is 11.4 Å². The van der Waals surface area contributed by atoms with Gasteiger partial charge < -0.3 is 34.2 Å². The molecule has 4 rings (SSSR count). The van der Waals surface area contributed by atoms with Gasteiger partial charge in [0.15, 0.2) is 23.9 Å². The maximum Gasteiger partial charge on any atom is 0.340 e. The second-order valence-electron chi connectivity index (χ2n) is 8.40. The third kappa shape index (κ3) is 6.40. The molecule has 0 bridgehead atoms. The Bertz CT molecular complexity index is 1230. The van der Waals surface area contributed by atoms with Gasteiger partial charge in [-0.25, -0.2) is 4.79 Å². The molecule has 194 valence electrons. The highest BCUT2D eigenvalue weighted by molar-refractivity contribution is 6.07. The second kappa shape index (κ2) is 12.0. The van der Waals surface area contributed by atoms with E-state index in [1.807, 2.05) is 24.3 Å². The van der Waals surface area contributed by atoms with Gasteiger partial charge in [0.05, 0.1) is 31.7 Å². The van der Waals surface area contributed by atoms with Crippen LogP contribution in [0.3, 0.4) is 0 Å². The molecule has 1 fully saturated rings. The van der Waals surface area contributed by atoms with Crippen molar-refractivity contribution in [2.75, 3.05) is 49.4 Å². The zero-order chi connectivity index (χ0) is 26.2. The van der Waals surface area contributed by atoms with Crippen LogP contribution in [0.25, 0.3) is 0 Å². The third-order valence-electron chi connectivity index (χ3n) is 5.94. The summed E-state index contributed by atoms with van der Waals surface area (Å²) in [5.41, 5.74) is 1.80. The molecule has 1 saturated heterocycles. The molecule has 0 radical (unpaired) electrons. The Balaban J connectivity index is 1.41. The van der Waals surface area contributed by atoms with E-state index in [4.69, 9.17) is 18.6 Å². The first-order valence-corrected chi connectivity index (χ1v) is 11.9. The van der Waals surface area contributed by atoms with Gasteiger partial charge in [0, 0.05) is 36.6 Å². The zero-order valence-electron chi connectivity index (χ0n) is 20.7. The molecule has 3 aromatic rings. The summed E-state index contributed by atoms with van der Waals surface area (Å²) in [6, 6.07) is 13.4. The standard InChI is InChI=1S/C27H29N3O7/c1-34-23-15-20(21(16-24(23)35-2)29-26(32)22-7-6-14-36-22)27(33)37-17-25(31)28-18-8-10-19(11-9-18)30-12-4-3-5-13-30/h6-11,14-16H,3-5,12-13,17H2,1-2H3,(H,28,31)(H,29,32). The van der Waals surface area contributed by atoms with Gasteiger partial charge in [-0.1, -0.05) is 0 Å². The van der Waals surface area contributed by atoms with Gasteiger partial charge in [-0.05, 0) is 55.7 Å². The summed E-state index contributed by atoms with van der Waals surface area (Å²) in [5, 5.41) is 5.33. The van der Waals surface area contributed by atoms with Gasteiger partial charge in [-0.3, -0.25) is 9.59 Å². The molecule has 0 atom stereocenters. The van der Waals surface area contributed by atoms with E-state index in [1.54, 1.807) is 6.07 Å². The van der Waals surface area contributed by atoms with Crippen LogP contribution in [0, 0.1) is 0 Å². The van der Waals surface area contributed by atoms with Crippen LogP contribution in [0.1, 0.15) is 40.2 Å². The van der Waals surface area contributed by atoms with Crippen LogP contribution >= 0.6 is 0 Å². The number of benzene rings is 2. The topological polar surface area (TPSA) is 119 Å². The van der Waals surface area contributed by atoms with Crippen molar-refractivity contribution in [1.82, 2.24) is 0 Å². The minimum Gasteiger partial charge on any atom is -0.493 e. The number of nitrogens with one attached hydrogen (secondary N) is 2. The van der Waals surface area contributed by atoms with E-state index < -0.39 is 24.4 Å². The average Bonchev–Trinajstić information content (AvgIpc) is 3.48. The summed E-state index contributed by atoms with van der Waals surface area (Å²) >= 11 is 0. The molecule has 2 amide bonds. The highest BCUT2D eigenvalue weighted by Crippen LogP contribution is 2.34. The number of furan rings is 1. The number of nitrogens with zero attached hydrogens (tertiary/aromatic N) is 1. The van der Waals surface area contributed by atoms with Gasteiger partial charge in [-0.2, -0.15) is 0 Å². The maximum absolute atomic E-state index is 12.9. The number of amides is 2. The van der Waals surface area contributed by atoms with Crippen LogP contribution in [0.4, 0.5) is 17.1 Å². The quantitative estimate of drug-likeness (QED) is 0.411. The molecule has 0 saturated carbocycles. The zero-order valence-corrected chi connectivity index (χ0v) is 20.7. The Morgan fingerprint density at radius 1 is 0.919 bits per heavy atom. The number of methoxy groups -OCH3 is 2. The van der Waals surface area contributed by atoms with Crippen molar-refractivity contribution < 1.29 is 33.0 Å². The van der Waals surface area contributed by atoms with E-state index in [2.05, 4.69) is 15.5 Å². The summed E-state index contributed by atoms with van der Waals surface area (Å²) in [6.07, 6.45) is 4.97. The van der Waals surface area contributed by atoms with Crippen molar-refractivity contribution in [2.24, 2.45) is 0 Å². The van der Waals surface area contributed by atoms with Crippen molar-refractivity contribution in [3.63, 3.8) is 0 Å². The van der Waals surface area contributed by atoms with Crippen molar-refractivity contribution in [1.29, 1.82) is 0 Å². The number of piperidine rings is 1. The molecule has 37 heavy (non-hydrogen) atoms. The first-order chi connectivity index (χ1) is 18.0. The highest BCUT2D eigenvalue weighted by Gasteiger charge is 2.22. The Morgan fingerprint density at radius 3 is 2.27 bits per heavy atom. The number of carbonyl (C=O) groups is 3. The molecule has 1 aliphatic rings. The summed E-state index contributed by atoms with van der Waals surface area (Å²) in [5.74, 6) is -1.30. The van der Waals surface area contributed by atoms with E-state index >= 15 is 0 Å². The number of ether oxygens (including phenoxy) is 3. The van der Waals surface area contributed by atoms with Gasteiger partial charge in [0.1, 0.15) is 0 Å². The minimum absolute atomic E-state index is 0.0174. The van der Waals surface area contributed by atoms with Crippen molar-refractivity contribution in [3.8, 4) is 11.5 Å². The van der Waals surface area contributed by atoms with Crippen molar-refractivity contribution in [3.05, 3.63) is 66.1 Å². The summed E-state index contributed by atoms with van der Waals surface area (Å²) in [4.78, 5) is 40.2. The maximum atomic E-state index is 12.9. The largest absolute Gasteiger partial charge is 0.493 e. The van der Waals surface area contributed by atoms with E-state index in [-0.39, 0.29) is 22.8 Å². The van der Waals surface area contributed by atoms with Crippen LogP contribution in [0.2, 0.25) is 0 Å². The van der Waals surface area contributed by atoms with Crippen LogP contribution in [-0.2, 0) is 9.53 Å². The molecule has 2 heterocycles. The van der Waals surface area contributed by atoms with E-state index in [0.717, 1.165) is 18.8 Å². The van der Waals surface area contributed by atoms with Gasteiger partial charge in [0.25, 0.3) is 11.8 Å². The Kier molecular flexibility index (Phi) is 8.29. The monoisotopic (exact) mass is 507 g/mol. The molecule has 1 aliphatic heterocycles. The molecule has 1 aromatic heterocycles. The van der Waals surface area contributed by atoms with Gasteiger partial charge in [-0.15, -0.1) is 0 Å². The average molecular weight is 508 g/mol. The highest BCUT2D eigenvalue weighted by atomic mass is 16.5. The molecule has 0 aliphatic carbocycles. The lowest BCUT2D eigenvalue weighted by Gasteiger charge is -2.28. The summed E-state index contributed by atoms with van der Waals surface area (Å²) in [6.45, 7) is 1.54. The number of carbonyl (C=O) groups excluding carboxylic acids is 3. The lowest BCUT2D eigenvalue weighted by molar-refractivity contribution is -0.119. The normalized spacial score (nSPS) is 13.0. The number of hydrogen-bond acceptors (Lipinski definition) is 8. The lowest BCUT2D eigenvalue weighted by atomic mass is 10.1. The predicted molar refractivity (Wildman–Crippen MR) is 138 cm³/mol. The molecule has 10 heteroatoms. The molecular formula is C27H29N3O7. The number of esters is 1. The molecule has 0 unspecified atom stereocenters. The summed E-state index contributed by atoms with van der Waals surface area (Å²) in [7, 11) is 2.84. The van der Waals surface area contributed by atoms with Crippen LogP contribution in [0.15, 0.2) is 59.2 Å². The van der Waals surface area contributed by atoms with Gasteiger partial charge >= 0.3 is 5.97 Å².